The first-order chi connectivity index (χ1) is 6.81. The molecule has 0 atom stereocenters. The van der Waals surface area contributed by atoms with E-state index in [0.29, 0.717) is 6.42 Å². The fourth-order valence-corrected chi connectivity index (χ4v) is 2.37. The Kier molecular flexibility index (Phi) is 2.87. The fourth-order valence-electron chi connectivity index (χ4n) is 1.71. The number of hydrogen-bond donors (Lipinski definition) is 0. The third-order valence-electron chi connectivity index (χ3n) is 2.34. The summed E-state index contributed by atoms with van der Waals surface area (Å²) < 4.78 is 6.52. The average molecular weight is 255 g/mol. The van der Waals surface area contributed by atoms with Gasteiger partial charge < -0.3 is 9.53 Å². The molecule has 1 aromatic carbocycles. The first-order valence-electron chi connectivity index (χ1n) is 4.69. The zero-order valence-corrected chi connectivity index (χ0v) is 9.34. The summed E-state index contributed by atoms with van der Waals surface area (Å²) in [5, 5.41) is 0. The van der Waals surface area contributed by atoms with Crippen molar-refractivity contribution >= 4 is 22.2 Å². The van der Waals surface area contributed by atoms with Crippen LogP contribution in [0.5, 0.6) is 5.75 Å². The van der Waals surface area contributed by atoms with Crippen LogP contribution >= 0.6 is 15.9 Å². The second kappa shape index (κ2) is 4.13. The second-order valence-corrected chi connectivity index (χ2v) is 4.24. The number of rotatable bonds is 2. The Balaban J connectivity index is 2.40. The maximum absolute atomic E-state index is 10.4. The van der Waals surface area contributed by atoms with Gasteiger partial charge in [0, 0.05) is 6.42 Å². The predicted octanol–water partition coefficient (Wildman–Crippen LogP) is 2.52. The molecule has 3 heteroatoms. The minimum Gasteiger partial charge on any atom is -0.492 e. The molecule has 0 saturated heterocycles. The van der Waals surface area contributed by atoms with E-state index in [-0.39, 0.29) is 0 Å². The van der Waals surface area contributed by atoms with Gasteiger partial charge >= 0.3 is 0 Å². The van der Waals surface area contributed by atoms with Crippen LogP contribution in [0.15, 0.2) is 16.6 Å². The molecule has 0 radical (unpaired) electrons. The Labute approximate surface area is 91.4 Å². The van der Waals surface area contributed by atoms with Gasteiger partial charge in [-0.3, -0.25) is 0 Å². The molecule has 0 bridgehead atoms. The molecule has 0 fully saturated rings. The van der Waals surface area contributed by atoms with Crippen LogP contribution in [0.2, 0.25) is 0 Å². The summed E-state index contributed by atoms with van der Waals surface area (Å²) in [6, 6.07) is 4.02. The fraction of sp³-hybridized carbons (Fsp3) is 0.364. The first-order valence-corrected chi connectivity index (χ1v) is 5.48. The van der Waals surface area contributed by atoms with Crippen LogP contribution in [0.4, 0.5) is 0 Å². The SMILES string of the molecule is O=CCc1cc(Br)c2c(c1)CCCO2. The molecule has 1 heterocycles. The van der Waals surface area contributed by atoms with E-state index in [1.54, 1.807) is 0 Å². The Morgan fingerprint density at radius 1 is 1.50 bits per heavy atom. The highest BCUT2D eigenvalue weighted by Gasteiger charge is 2.14. The normalized spacial score (nSPS) is 14.4. The molecular formula is C11H11BrO2. The van der Waals surface area contributed by atoms with Crippen LogP contribution in [0.25, 0.3) is 0 Å². The summed E-state index contributed by atoms with van der Waals surface area (Å²) in [7, 11) is 0. The molecule has 14 heavy (non-hydrogen) atoms. The molecule has 74 valence electrons. The zero-order valence-electron chi connectivity index (χ0n) is 7.75. The van der Waals surface area contributed by atoms with Crippen molar-refractivity contribution in [2.45, 2.75) is 19.3 Å². The number of fused-ring (bicyclic) bond motifs is 1. The van der Waals surface area contributed by atoms with E-state index in [1.807, 2.05) is 6.07 Å². The first kappa shape index (κ1) is 9.71. The number of halogens is 1. The molecule has 0 N–H and O–H groups in total. The summed E-state index contributed by atoms with van der Waals surface area (Å²) >= 11 is 3.46. The molecular weight excluding hydrogens is 244 g/mol. The molecule has 2 rings (SSSR count). The van der Waals surface area contributed by atoms with Crippen molar-refractivity contribution in [3.05, 3.63) is 27.7 Å². The lowest BCUT2D eigenvalue weighted by Gasteiger charge is -2.19. The molecule has 0 spiro atoms. The maximum Gasteiger partial charge on any atom is 0.136 e. The van der Waals surface area contributed by atoms with Gasteiger partial charge in [0.2, 0.25) is 0 Å². The zero-order chi connectivity index (χ0) is 9.97. The lowest BCUT2D eigenvalue weighted by molar-refractivity contribution is -0.107. The van der Waals surface area contributed by atoms with E-state index in [1.165, 1.54) is 5.56 Å². The minimum absolute atomic E-state index is 0.478. The molecule has 0 saturated carbocycles. The van der Waals surface area contributed by atoms with E-state index >= 15 is 0 Å². The van der Waals surface area contributed by atoms with Gasteiger partial charge in [-0.25, -0.2) is 0 Å². The minimum atomic E-state index is 0.478. The van der Waals surface area contributed by atoms with Gasteiger partial charge in [0.05, 0.1) is 11.1 Å². The molecule has 1 aliphatic heterocycles. The van der Waals surface area contributed by atoms with Gasteiger partial charge in [0.1, 0.15) is 12.0 Å². The Hall–Kier alpha value is -0.830. The number of ether oxygens (including phenoxy) is 1. The number of carbonyl (C=O) groups excluding carboxylic acids is 1. The highest BCUT2D eigenvalue weighted by atomic mass is 79.9. The Bertz CT molecular complexity index is 361. The van der Waals surface area contributed by atoms with Gasteiger partial charge in [-0.2, -0.15) is 0 Å². The van der Waals surface area contributed by atoms with Gasteiger partial charge in [0.25, 0.3) is 0 Å². The molecule has 2 nitrogen and oxygen atoms in total. The van der Waals surface area contributed by atoms with Gasteiger partial charge in [-0.05, 0) is 46.0 Å². The Morgan fingerprint density at radius 3 is 3.14 bits per heavy atom. The monoisotopic (exact) mass is 254 g/mol. The average Bonchev–Trinajstić information content (AvgIpc) is 2.18. The highest BCUT2D eigenvalue weighted by molar-refractivity contribution is 9.10. The summed E-state index contributed by atoms with van der Waals surface area (Å²) in [6.45, 7) is 0.790. The van der Waals surface area contributed by atoms with E-state index in [0.717, 1.165) is 41.5 Å². The van der Waals surface area contributed by atoms with Gasteiger partial charge in [0.15, 0.2) is 0 Å². The molecule has 0 aromatic heterocycles. The second-order valence-electron chi connectivity index (χ2n) is 3.39. The van der Waals surface area contributed by atoms with Crippen LogP contribution in [0.1, 0.15) is 17.5 Å². The van der Waals surface area contributed by atoms with Crippen molar-refractivity contribution in [1.82, 2.24) is 0 Å². The van der Waals surface area contributed by atoms with Gasteiger partial charge in [-0.15, -0.1) is 0 Å². The standard InChI is InChI=1S/C11H11BrO2/c12-10-7-8(3-4-13)6-9-2-1-5-14-11(9)10/h4,6-7H,1-3,5H2. The van der Waals surface area contributed by atoms with Crippen LogP contribution in [0.3, 0.4) is 0 Å². The number of carbonyl (C=O) groups is 1. The van der Waals surface area contributed by atoms with Crippen molar-refractivity contribution in [1.29, 1.82) is 0 Å². The van der Waals surface area contributed by atoms with Gasteiger partial charge in [-0.1, -0.05) is 6.07 Å². The summed E-state index contributed by atoms with van der Waals surface area (Å²) in [5.74, 6) is 0.950. The number of aldehydes is 1. The molecule has 1 aliphatic rings. The van der Waals surface area contributed by atoms with Crippen molar-refractivity contribution in [3.8, 4) is 5.75 Å². The lowest BCUT2D eigenvalue weighted by atomic mass is 10.0. The van der Waals surface area contributed by atoms with Crippen molar-refractivity contribution in [2.24, 2.45) is 0 Å². The van der Waals surface area contributed by atoms with Crippen LogP contribution < -0.4 is 4.74 Å². The smallest absolute Gasteiger partial charge is 0.136 e. The largest absolute Gasteiger partial charge is 0.492 e. The summed E-state index contributed by atoms with van der Waals surface area (Å²) in [4.78, 5) is 10.4. The topological polar surface area (TPSA) is 26.3 Å². The van der Waals surface area contributed by atoms with Crippen LogP contribution in [-0.2, 0) is 17.6 Å². The van der Waals surface area contributed by atoms with Crippen molar-refractivity contribution in [2.75, 3.05) is 6.61 Å². The number of benzene rings is 1. The van der Waals surface area contributed by atoms with E-state index in [9.17, 15) is 4.79 Å². The van der Waals surface area contributed by atoms with E-state index in [4.69, 9.17) is 4.74 Å². The highest BCUT2D eigenvalue weighted by Crippen LogP contribution is 2.34. The van der Waals surface area contributed by atoms with Crippen molar-refractivity contribution in [3.63, 3.8) is 0 Å². The molecule has 0 unspecified atom stereocenters. The lowest BCUT2D eigenvalue weighted by Crippen LogP contribution is -2.09. The molecule has 1 aromatic rings. The van der Waals surface area contributed by atoms with Crippen LogP contribution in [0, 0.1) is 0 Å². The third-order valence-corrected chi connectivity index (χ3v) is 2.93. The maximum atomic E-state index is 10.4. The third kappa shape index (κ3) is 1.82. The Morgan fingerprint density at radius 2 is 2.36 bits per heavy atom. The summed E-state index contributed by atoms with van der Waals surface area (Å²) in [6.07, 6.45) is 3.51. The van der Waals surface area contributed by atoms with Crippen LogP contribution in [-0.4, -0.2) is 12.9 Å². The van der Waals surface area contributed by atoms with E-state index < -0.39 is 0 Å². The number of hydrogen-bond acceptors (Lipinski definition) is 2. The van der Waals surface area contributed by atoms with Crippen molar-refractivity contribution < 1.29 is 9.53 Å². The molecule has 0 aliphatic carbocycles. The summed E-state index contributed by atoms with van der Waals surface area (Å²) in [5.41, 5.74) is 2.26. The number of aryl methyl sites for hydroxylation is 1. The van der Waals surface area contributed by atoms with E-state index in [2.05, 4.69) is 22.0 Å². The predicted molar refractivity (Wildman–Crippen MR) is 57.7 cm³/mol. The quantitative estimate of drug-likeness (QED) is 0.759. The molecule has 0 amide bonds.